The average Bonchev–Trinajstić information content (AvgIpc) is 2.88. The molecule has 0 radical (unpaired) electrons. The van der Waals surface area contributed by atoms with Gasteiger partial charge in [-0.15, -0.1) is 0 Å². The Hall–Kier alpha value is -4.01. The van der Waals surface area contributed by atoms with Gasteiger partial charge in [0.25, 0.3) is 5.78 Å². The number of halogens is 3. The number of aliphatic hydroxyl groups excluding tert-OH is 2. The van der Waals surface area contributed by atoms with Gasteiger partial charge in [0.15, 0.2) is 6.10 Å². The van der Waals surface area contributed by atoms with Gasteiger partial charge in [-0.1, -0.05) is 84.9 Å². The van der Waals surface area contributed by atoms with E-state index in [0.717, 1.165) is 10.8 Å². The molecule has 0 aromatic heterocycles. The lowest BCUT2D eigenvalue weighted by molar-refractivity contribution is -0.211. The molecule has 2 atom stereocenters. The van der Waals surface area contributed by atoms with Crippen molar-refractivity contribution in [2.24, 2.45) is 0 Å². The van der Waals surface area contributed by atoms with Gasteiger partial charge in [-0.3, -0.25) is 4.79 Å². The normalized spacial score (nSPS) is 12.7. The number of alkyl halides is 3. The Balaban J connectivity index is 0.000000202. The number of Topliss-reactive ketones (excluding diaryl/α,β-unsaturated/α-hetero) is 1. The number of ketones is 1. The largest absolute Gasteiger partial charge is 0.421 e. The average molecular weight is 496 g/mol. The van der Waals surface area contributed by atoms with Gasteiger partial charge in [0, 0.05) is 12.0 Å². The lowest BCUT2D eigenvalue weighted by Gasteiger charge is -2.18. The third kappa shape index (κ3) is 7.49. The second kappa shape index (κ2) is 12.1. The number of para-hydroxylation sites is 1. The highest BCUT2D eigenvalue weighted by atomic mass is 19.4. The summed E-state index contributed by atoms with van der Waals surface area (Å²) in [5, 5.41) is 20.5. The minimum Gasteiger partial charge on any atom is -0.421 e. The second-order valence-electron chi connectivity index (χ2n) is 7.81. The van der Waals surface area contributed by atoms with Crippen molar-refractivity contribution in [1.82, 2.24) is 0 Å². The molecule has 36 heavy (non-hydrogen) atoms. The van der Waals surface area contributed by atoms with Gasteiger partial charge < -0.3 is 14.9 Å². The van der Waals surface area contributed by atoms with Gasteiger partial charge in [0.2, 0.25) is 0 Å². The summed E-state index contributed by atoms with van der Waals surface area (Å²) in [5.74, 6) is -1.15. The van der Waals surface area contributed by atoms with Crippen molar-refractivity contribution in [1.29, 1.82) is 0 Å². The van der Waals surface area contributed by atoms with Crippen LogP contribution in [0.4, 0.5) is 13.2 Å². The predicted octanol–water partition coefficient (Wildman–Crippen LogP) is 5.66. The molecule has 0 saturated heterocycles. The van der Waals surface area contributed by atoms with Crippen LogP contribution >= 0.6 is 0 Å². The van der Waals surface area contributed by atoms with Crippen LogP contribution in [0, 0.1) is 0 Å². The van der Waals surface area contributed by atoms with E-state index in [1.807, 2.05) is 24.3 Å². The first-order valence-electron chi connectivity index (χ1n) is 10.9. The van der Waals surface area contributed by atoms with E-state index < -0.39 is 36.6 Å². The van der Waals surface area contributed by atoms with Crippen molar-refractivity contribution in [3.05, 3.63) is 114 Å². The third-order valence-corrected chi connectivity index (χ3v) is 5.16. The predicted molar refractivity (Wildman–Crippen MR) is 128 cm³/mol. The minimum absolute atomic E-state index is 0.327. The van der Waals surface area contributed by atoms with Gasteiger partial charge in [-0.05, 0) is 34.5 Å². The van der Waals surface area contributed by atoms with E-state index in [4.69, 9.17) is 9.84 Å². The molecule has 4 rings (SSSR count). The van der Waals surface area contributed by atoms with E-state index in [1.54, 1.807) is 78.9 Å². The number of carbonyl (C=O) groups is 2. The molecular formula is C28H23F3O5. The molecule has 0 heterocycles. The Labute approximate surface area is 205 Å². The SMILES string of the molecule is O=C(Oc1ccccc1)C(=O)c1ccccc1.OC(CC(O)C(F)(F)F)c1ccc2ccccc2c1. The van der Waals surface area contributed by atoms with Gasteiger partial charge in [-0.25, -0.2) is 4.79 Å². The Kier molecular flexibility index (Phi) is 8.94. The van der Waals surface area contributed by atoms with Crippen LogP contribution in [0.15, 0.2) is 103 Å². The number of fused-ring (bicyclic) bond motifs is 1. The van der Waals surface area contributed by atoms with Crippen LogP contribution in [0.2, 0.25) is 0 Å². The quantitative estimate of drug-likeness (QED) is 0.156. The van der Waals surface area contributed by atoms with Crippen molar-refractivity contribution in [3.63, 3.8) is 0 Å². The van der Waals surface area contributed by atoms with E-state index >= 15 is 0 Å². The van der Waals surface area contributed by atoms with Gasteiger partial charge in [-0.2, -0.15) is 13.2 Å². The van der Waals surface area contributed by atoms with Gasteiger partial charge in [0.1, 0.15) is 5.75 Å². The maximum Gasteiger partial charge on any atom is 0.414 e. The van der Waals surface area contributed by atoms with E-state index in [9.17, 15) is 27.9 Å². The summed E-state index contributed by atoms with van der Waals surface area (Å²) < 4.78 is 41.6. The van der Waals surface area contributed by atoms with Crippen LogP contribution in [0.3, 0.4) is 0 Å². The number of esters is 1. The van der Waals surface area contributed by atoms with Gasteiger partial charge in [0.05, 0.1) is 6.10 Å². The van der Waals surface area contributed by atoms with Crippen LogP contribution < -0.4 is 4.74 Å². The van der Waals surface area contributed by atoms with Crippen molar-refractivity contribution < 1.29 is 37.7 Å². The fraction of sp³-hybridized carbons (Fsp3) is 0.143. The molecule has 5 nitrogen and oxygen atoms in total. The van der Waals surface area contributed by atoms with E-state index in [0.29, 0.717) is 16.9 Å². The highest BCUT2D eigenvalue weighted by molar-refractivity contribution is 6.41. The zero-order valence-corrected chi connectivity index (χ0v) is 18.9. The van der Waals surface area contributed by atoms with E-state index in [1.165, 1.54) is 0 Å². The fourth-order valence-corrected chi connectivity index (χ4v) is 3.25. The first kappa shape index (κ1) is 26.6. The van der Waals surface area contributed by atoms with Crippen molar-refractivity contribution in [2.75, 3.05) is 0 Å². The molecular weight excluding hydrogens is 473 g/mol. The number of rotatable bonds is 6. The molecule has 0 fully saturated rings. The van der Waals surface area contributed by atoms with Crippen LogP contribution in [0.1, 0.15) is 28.4 Å². The zero-order chi connectivity index (χ0) is 26.1. The molecule has 0 aliphatic carbocycles. The Morgan fingerprint density at radius 2 is 1.31 bits per heavy atom. The van der Waals surface area contributed by atoms with Crippen LogP contribution in [-0.4, -0.2) is 34.2 Å². The molecule has 4 aromatic carbocycles. The molecule has 0 amide bonds. The Morgan fingerprint density at radius 1 is 0.750 bits per heavy atom. The smallest absolute Gasteiger partial charge is 0.414 e. The maximum atomic E-state index is 12.2. The minimum atomic E-state index is -4.71. The van der Waals surface area contributed by atoms with Crippen molar-refractivity contribution in [3.8, 4) is 5.75 Å². The number of aliphatic hydroxyl groups is 2. The molecule has 0 spiro atoms. The summed E-state index contributed by atoms with van der Waals surface area (Å²) in [7, 11) is 0. The highest BCUT2D eigenvalue weighted by Crippen LogP contribution is 2.29. The number of carbonyl (C=O) groups excluding carboxylic acids is 2. The topological polar surface area (TPSA) is 83.8 Å². The monoisotopic (exact) mass is 496 g/mol. The molecule has 4 aromatic rings. The van der Waals surface area contributed by atoms with Crippen LogP contribution in [-0.2, 0) is 4.79 Å². The molecule has 2 N–H and O–H groups in total. The van der Waals surface area contributed by atoms with Crippen LogP contribution in [0.25, 0.3) is 10.8 Å². The molecule has 0 aliphatic heterocycles. The number of hydrogen-bond donors (Lipinski definition) is 2. The van der Waals surface area contributed by atoms with Gasteiger partial charge >= 0.3 is 12.1 Å². The maximum absolute atomic E-state index is 12.2. The van der Waals surface area contributed by atoms with Crippen molar-refractivity contribution >= 4 is 22.5 Å². The second-order valence-corrected chi connectivity index (χ2v) is 7.81. The fourth-order valence-electron chi connectivity index (χ4n) is 3.25. The summed E-state index contributed by atoms with van der Waals surface area (Å²) in [6.45, 7) is 0. The molecule has 186 valence electrons. The first-order valence-corrected chi connectivity index (χ1v) is 10.9. The molecule has 0 bridgehead atoms. The molecule has 0 saturated carbocycles. The zero-order valence-electron chi connectivity index (χ0n) is 18.9. The van der Waals surface area contributed by atoms with E-state index in [2.05, 4.69) is 0 Å². The standard InChI is InChI=1S/C14H13F3O2.C14H10O3/c15-14(16,17)13(19)8-12(18)11-6-5-9-3-1-2-4-10(9)7-11;15-13(11-7-3-1-4-8-11)14(16)17-12-9-5-2-6-10-12/h1-7,12-13,18-19H,8H2;1-10H. The lowest BCUT2D eigenvalue weighted by Crippen LogP contribution is -2.30. The van der Waals surface area contributed by atoms with Crippen molar-refractivity contribution in [2.45, 2.75) is 24.8 Å². The number of benzene rings is 4. The van der Waals surface area contributed by atoms with Crippen LogP contribution in [0.5, 0.6) is 5.75 Å². The molecule has 0 aliphatic rings. The first-order chi connectivity index (χ1) is 17.1. The third-order valence-electron chi connectivity index (χ3n) is 5.16. The summed E-state index contributed by atoms with van der Waals surface area (Å²) in [4.78, 5) is 23.2. The summed E-state index contributed by atoms with van der Waals surface area (Å²) in [6.07, 6.45) is -9.34. The summed E-state index contributed by atoms with van der Waals surface area (Å²) >= 11 is 0. The molecule has 2 unspecified atom stereocenters. The Bertz CT molecular complexity index is 1290. The number of ether oxygens (including phenoxy) is 1. The highest BCUT2D eigenvalue weighted by Gasteiger charge is 2.39. The van der Waals surface area contributed by atoms with E-state index in [-0.39, 0.29) is 0 Å². The number of hydrogen-bond acceptors (Lipinski definition) is 5. The molecule has 8 heteroatoms. The summed E-state index contributed by atoms with van der Waals surface area (Å²) in [5.41, 5.74) is 0.690. The Morgan fingerprint density at radius 3 is 1.92 bits per heavy atom. The lowest BCUT2D eigenvalue weighted by atomic mass is 10.00. The summed E-state index contributed by atoms with van der Waals surface area (Å²) in [6, 6.07) is 29.1.